The molecular weight excluding hydrogens is 277 g/mol. The van der Waals surface area contributed by atoms with Gasteiger partial charge < -0.3 is 11.1 Å². The van der Waals surface area contributed by atoms with Crippen molar-refractivity contribution < 1.29 is 18.1 Å². The van der Waals surface area contributed by atoms with E-state index in [1.165, 1.54) is 0 Å². The molecule has 0 bridgehead atoms. The second-order valence-electron chi connectivity index (χ2n) is 3.77. The predicted octanol–water partition coefficient (Wildman–Crippen LogP) is 2.73. The molecule has 0 aliphatic rings. The Morgan fingerprint density at radius 1 is 1.20 bits per heavy atom. The Balaban J connectivity index is 2.42. The van der Waals surface area contributed by atoms with Gasteiger partial charge in [-0.05, 0) is 0 Å². The van der Waals surface area contributed by atoms with E-state index >= 15 is 0 Å². The number of benzene rings is 1. The first-order valence-electron chi connectivity index (χ1n) is 5.20. The summed E-state index contributed by atoms with van der Waals surface area (Å²) >= 11 is 0. The molecule has 0 aliphatic heterocycles. The first-order chi connectivity index (χ1) is 9.36. The Kier molecular flexibility index (Phi) is 3.42. The summed E-state index contributed by atoms with van der Waals surface area (Å²) in [4.78, 5) is 13.6. The van der Waals surface area contributed by atoms with Crippen LogP contribution < -0.4 is 11.1 Å². The van der Waals surface area contributed by atoms with Gasteiger partial charge in [-0.3, -0.25) is 10.1 Å². The van der Waals surface area contributed by atoms with Crippen molar-refractivity contribution in [3.8, 4) is 0 Å². The second-order valence-corrected chi connectivity index (χ2v) is 3.77. The standard InChI is InChI=1S/C11H7F3N4O2/c12-5-1-7(13)11(14)8(2-5)16-10-4-6(18(19)20)3-9(15)17-10/h1-4H,(H3,15,16,17). The summed E-state index contributed by atoms with van der Waals surface area (Å²) in [5.41, 5.74) is 4.41. The van der Waals surface area contributed by atoms with Crippen LogP contribution in [0.15, 0.2) is 24.3 Å². The maximum Gasteiger partial charge on any atom is 0.276 e. The normalized spacial score (nSPS) is 10.3. The zero-order chi connectivity index (χ0) is 14.9. The largest absolute Gasteiger partial charge is 0.383 e. The van der Waals surface area contributed by atoms with Gasteiger partial charge in [-0.25, -0.2) is 18.2 Å². The average Bonchev–Trinajstić information content (AvgIpc) is 2.34. The van der Waals surface area contributed by atoms with Gasteiger partial charge in [0, 0.05) is 12.1 Å². The van der Waals surface area contributed by atoms with Crippen molar-refractivity contribution in [2.45, 2.75) is 0 Å². The van der Waals surface area contributed by atoms with Crippen molar-refractivity contribution in [3.05, 3.63) is 51.8 Å². The zero-order valence-corrected chi connectivity index (χ0v) is 9.73. The number of nitrogens with two attached hydrogens (primary N) is 1. The fourth-order valence-corrected chi connectivity index (χ4v) is 1.49. The molecule has 0 fully saturated rings. The lowest BCUT2D eigenvalue weighted by Crippen LogP contribution is -2.02. The number of pyridine rings is 1. The highest BCUT2D eigenvalue weighted by molar-refractivity contribution is 5.62. The first kappa shape index (κ1) is 13.6. The van der Waals surface area contributed by atoms with Gasteiger partial charge >= 0.3 is 0 Å². The maximum absolute atomic E-state index is 13.4. The van der Waals surface area contributed by atoms with E-state index in [1.807, 2.05) is 0 Å². The molecule has 1 aromatic carbocycles. The number of rotatable bonds is 3. The number of hydrogen-bond acceptors (Lipinski definition) is 5. The third-order valence-electron chi connectivity index (χ3n) is 2.30. The van der Waals surface area contributed by atoms with E-state index in [2.05, 4.69) is 10.3 Å². The lowest BCUT2D eigenvalue weighted by Gasteiger charge is -2.08. The van der Waals surface area contributed by atoms with Gasteiger partial charge in [0.05, 0.1) is 22.7 Å². The van der Waals surface area contributed by atoms with Crippen LogP contribution in [0.25, 0.3) is 0 Å². The van der Waals surface area contributed by atoms with Gasteiger partial charge in [0.2, 0.25) is 0 Å². The summed E-state index contributed by atoms with van der Waals surface area (Å²) in [6.45, 7) is 0. The summed E-state index contributed by atoms with van der Waals surface area (Å²) in [5.74, 6) is -4.14. The Hall–Kier alpha value is -2.84. The predicted molar refractivity (Wildman–Crippen MR) is 64.9 cm³/mol. The molecule has 104 valence electrons. The highest BCUT2D eigenvalue weighted by atomic mass is 19.2. The summed E-state index contributed by atoms with van der Waals surface area (Å²) in [7, 11) is 0. The van der Waals surface area contributed by atoms with Crippen LogP contribution in [0.1, 0.15) is 0 Å². The van der Waals surface area contributed by atoms with E-state index in [4.69, 9.17) is 5.73 Å². The van der Waals surface area contributed by atoms with E-state index in [0.717, 1.165) is 12.1 Å². The van der Waals surface area contributed by atoms with E-state index < -0.39 is 33.7 Å². The molecule has 0 unspecified atom stereocenters. The lowest BCUT2D eigenvalue weighted by atomic mass is 10.2. The molecule has 0 atom stereocenters. The van der Waals surface area contributed by atoms with Gasteiger partial charge in [-0.1, -0.05) is 0 Å². The monoisotopic (exact) mass is 284 g/mol. The number of nitrogens with one attached hydrogen (secondary N) is 1. The molecule has 3 N–H and O–H groups in total. The fraction of sp³-hybridized carbons (Fsp3) is 0. The summed E-state index contributed by atoms with van der Waals surface area (Å²) in [5, 5.41) is 12.9. The Labute approximate surface area is 110 Å². The minimum atomic E-state index is -1.40. The third kappa shape index (κ3) is 2.76. The number of nitro groups is 1. The van der Waals surface area contributed by atoms with E-state index in [0.29, 0.717) is 12.1 Å². The molecule has 6 nitrogen and oxygen atoms in total. The summed E-state index contributed by atoms with van der Waals surface area (Å²) < 4.78 is 39.4. The second kappa shape index (κ2) is 5.03. The molecule has 0 saturated heterocycles. The van der Waals surface area contributed by atoms with Crippen LogP contribution in [-0.4, -0.2) is 9.91 Å². The van der Waals surface area contributed by atoms with Crippen LogP contribution in [0.2, 0.25) is 0 Å². The first-order valence-corrected chi connectivity index (χ1v) is 5.20. The zero-order valence-electron chi connectivity index (χ0n) is 9.73. The van der Waals surface area contributed by atoms with Crippen LogP contribution in [-0.2, 0) is 0 Å². The van der Waals surface area contributed by atoms with Crippen LogP contribution in [0, 0.1) is 27.6 Å². The molecule has 0 spiro atoms. The minimum Gasteiger partial charge on any atom is -0.383 e. The van der Waals surface area contributed by atoms with Gasteiger partial charge in [0.25, 0.3) is 5.69 Å². The van der Waals surface area contributed by atoms with Gasteiger partial charge in [0.15, 0.2) is 11.6 Å². The highest BCUT2D eigenvalue weighted by Gasteiger charge is 2.14. The molecule has 0 radical (unpaired) electrons. The van der Waals surface area contributed by atoms with Crippen molar-refractivity contribution in [2.75, 3.05) is 11.1 Å². The van der Waals surface area contributed by atoms with Crippen LogP contribution in [0.3, 0.4) is 0 Å². The number of aromatic nitrogens is 1. The topological polar surface area (TPSA) is 94.1 Å². The molecule has 9 heteroatoms. The van der Waals surface area contributed by atoms with Gasteiger partial charge in [0.1, 0.15) is 17.5 Å². The fourth-order valence-electron chi connectivity index (χ4n) is 1.49. The van der Waals surface area contributed by atoms with Crippen molar-refractivity contribution in [1.82, 2.24) is 4.98 Å². The van der Waals surface area contributed by atoms with E-state index in [1.54, 1.807) is 0 Å². The van der Waals surface area contributed by atoms with Crippen LogP contribution in [0.4, 0.5) is 36.2 Å². The van der Waals surface area contributed by atoms with Crippen LogP contribution >= 0.6 is 0 Å². The molecule has 1 heterocycles. The molecule has 2 rings (SSSR count). The van der Waals surface area contributed by atoms with Gasteiger partial charge in [-0.2, -0.15) is 0 Å². The number of nitrogen functional groups attached to an aromatic ring is 1. The quantitative estimate of drug-likeness (QED) is 0.513. The van der Waals surface area contributed by atoms with Crippen molar-refractivity contribution in [3.63, 3.8) is 0 Å². The number of nitrogens with zero attached hydrogens (tertiary/aromatic N) is 2. The Morgan fingerprint density at radius 2 is 1.90 bits per heavy atom. The smallest absolute Gasteiger partial charge is 0.276 e. The molecule has 0 aliphatic carbocycles. The molecule has 2 aromatic rings. The molecule has 0 saturated carbocycles. The number of halogens is 3. The van der Waals surface area contributed by atoms with Crippen molar-refractivity contribution in [2.24, 2.45) is 0 Å². The van der Waals surface area contributed by atoms with Crippen LogP contribution in [0.5, 0.6) is 0 Å². The van der Waals surface area contributed by atoms with Crippen molar-refractivity contribution in [1.29, 1.82) is 0 Å². The number of hydrogen-bond donors (Lipinski definition) is 2. The summed E-state index contributed by atoms with van der Waals surface area (Å²) in [6.07, 6.45) is 0. The van der Waals surface area contributed by atoms with E-state index in [9.17, 15) is 23.3 Å². The van der Waals surface area contributed by atoms with Gasteiger partial charge in [-0.15, -0.1) is 0 Å². The molecule has 20 heavy (non-hydrogen) atoms. The third-order valence-corrected chi connectivity index (χ3v) is 2.30. The van der Waals surface area contributed by atoms with Crippen molar-refractivity contribution >= 4 is 23.0 Å². The minimum absolute atomic E-state index is 0.195. The summed E-state index contributed by atoms with van der Waals surface area (Å²) in [6, 6.07) is 3.01. The Bertz CT molecular complexity index is 694. The average molecular weight is 284 g/mol. The Morgan fingerprint density at radius 3 is 2.55 bits per heavy atom. The molecule has 1 aromatic heterocycles. The molecular formula is C11H7F3N4O2. The SMILES string of the molecule is Nc1cc([N+](=O)[O-])cc(Nc2cc(F)cc(F)c2F)n1. The molecule has 0 amide bonds. The van der Waals surface area contributed by atoms with E-state index in [-0.39, 0.29) is 11.6 Å². The lowest BCUT2D eigenvalue weighted by molar-refractivity contribution is -0.384. The highest BCUT2D eigenvalue weighted by Crippen LogP contribution is 2.25. The number of anilines is 3. The maximum atomic E-state index is 13.4.